The minimum Gasteiger partial charge on any atom is -0.477 e. The molecule has 1 fully saturated rings. The Labute approximate surface area is 109 Å². The van der Waals surface area contributed by atoms with Gasteiger partial charge in [0, 0.05) is 23.3 Å². The van der Waals surface area contributed by atoms with Crippen LogP contribution in [0, 0.1) is 0 Å². The first-order valence-corrected chi connectivity index (χ1v) is 6.74. The van der Waals surface area contributed by atoms with E-state index in [-0.39, 0.29) is 6.04 Å². The molecule has 5 heteroatoms. The second kappa shape index (κ2) is 5.23. The maximum atomic E-state index is 11.2. The molecule has 1 N–H and O–H groups in total. The lowest BCUT2D eigenvalue weighted by Gasteiger charge is -2.33. The Morgan fingerprint density at radius 3 is 3.06 bits per heavy atom. The summed E-state index contributed by atoms with van der Waals surface area (Å²) in [6.07, 6.45) is 4.07. The van der Waals surface area contributed by atoms with Crippen LogP contribution >= 0.6 is 15.9 Å². The van der Waals surface area contributed by atoms with E-state index in [1.54, 1.807) is 6.07 Å². The zero-order valence-electron chi connectivity index (χ0n) is 9.90. The van der Waals surface area contributed by atoms with Gasteiger partial charge < -0.3 is 14.6 Å². The number of hydrogen-bond acceptors (Lipinski definition) is 2. The quantitative estimate of drug-likeness (QED) is 0.933. The van der Waals surface area contributed by atoms with Gasteiger partial charge in [-0.15, -0.1) is 0 Å². The van der Waals surface area contributed by atoms with Gasteiger partial charge in [-0.25, -0.2) is 4.79 Å². The average Bonchev–Trinajstić information content (AvgIpc) is 2.72. The lowest BCUT2D eigenvalue weighted by Crippen LogP contribution is -2.36. The number of hydrogen-bond donors (Lipinski definition) is 1. The number of aromatic nitrogens is 1. The first-order chi connectivity index (χ1) is 8.11. The molecule has 0 radical (unpaired) electrons. The molecule has 1 saturated heterocycles. The van der Waals surface area contributed by atoms with E-state index in [1.165, 1.54) is 0 Å². The van der Waals surface area contributed by atoms with E-state index in [1.807, 2.05) is 10.8 Å². The molecule has 0 spiro atoms. The molecule has 4 nitrogen and oxygen atoms in total. The number of likely N-dealkylation sites (tertiary alicyclic amines) is 1. The summed E-state index contributed by atoms with van der Waals surface area (Å²) >= 11 is 3.35. The van der Waals surface area contributed by atoms with E-state index in [0.717, 1.165) is 36.9 Å². The van der Waals surface area contributed by atoms with Crippen LogP contribution in [0.1, 0.15) is 36.3 Å². The van der Waals surface area contributed by atoms with E-state index in [4.69, 9.17) is 0 Å². The molecule has 1 aromatic rings. The van der Waals surface area contributed by atoms with Crippen LogP contribution in [0.15, 0.2) is 16.7 Å². The van der Waals surface area contributed by atoms with Crippen molar-refractivity contribution in [3.05, 3.63) is 22.4 Å². The van der Waals surface area contributed by atoms with Crippen LogP contribution < -0.4 is 0 Å². The van der Waals surface area contributed by atoms with Crippen LogP contribution in [-0.4, -0.2) is 40.2 Å². The molecule has 0 saturated carbocycles. The van der Waals surface area contributed by atoms with Crippen LogP contribution in [0.3, 0.4) is 0 Å². The van der Waals surface area contributed by atoms with Crippen molar-refractivity contribution in [2.24, 2.45) is 0 Å². The number of rotatable bonds is 3. The monoisotopic (exact) mass is 300 g/mol. The molecule has 0 bridgehead atoms. The van der Waals surface area contributed by atoms with Crippen LogP contribution in [0.25, 0.3) is 0 Å². The predicted octanol–water partition coefficient (Wildman–Crippen LogP) is 2.61. The lowest BCUT2D eigenvalue weighted by molar-refractivity contribution is 0.0677. The summed E-state index contributed by atoms with van der Waals surface area (Å²) in [5.41, 5.74) is 0.375. The minimum atomic E-state index is -0.857. The summed E-state index contributed by atoms with van der Waals surface area (Å²) in [4.78, 5) is 13.5. The summed E-state index contributed by atoms with van der Waals surface area (Å²) in [6.45, 7) is 5.24. The minimum absolute atomic E-state index is 0.279. The smallest absolute Gasteiger partial charge is 0.352 e. The number of aromatic carboxylic acids is 1. The third kappa shape index (κ3) is 2.72. The molecule has 1 aromatic heterocycles. The summed E-state index contributed by atoms with van der Waals surface area (Å²) in [6, 6.07) is 1.95. The molecule has 1 aliphatic heterocycles. The normalized spacial score (nSPS) is 21.6. The topological polar surface area (TPSA) is 45.5 Å². The van der Waals surface area contributed by atoms with E-state index in [0.29, 0.717) is 5.69 Å². The number of carboxylic acid groups (broad SMARTS) is 1. The molecule has 17 heavy (non-hydrogen) atoms. The molecule has 0 aromatic carbocycles. The summed E-state index contributed by atoms with van der Waals surface area (Å²) in [7, 11) is 0. The van der Waals surface area contributed by atoms with Gasteiger partial charge >= 0.3 is 5.97 Å². The van der Waals surface area contributed by atoms with Gasteiger partial charge in [0.1, 0.15) is 5.69 Å². The van der Waals surface area contributed by atoms with Crippen molar-refractivity contribution in [1.29, 1.82) is 0 Å². The van der Waals surface area contributed by atoms with Gasteiger partial charge in [-0.2, -0.15) is 0 Å². The maximum Gasteiger partial charge on any atom is 0.352 e. The highest BCUT2D eigenvalue weighted by atomic mass is 79.9. The fourth-order valence-electron chi connectivity index (χ4n) is 2.46. The Morgan fingerprint density at radius 1 is 1.65 bits per heavy atom. The fourth-order valence-corrected chi connectivity index (χ4v) is 2.90. The second-order valence-corrected chi connectivity index (χ2v) is 5.36. The SMILES string of the molecule is CCN1CCCC(n2cc(Br)cc2C(=O)O)C1. The molecular formula is C12H17BrN2O2. The van der Waals surface area contributed by atoms with Gasteiger partial charge in [0.25, 0.3) is 0 Å². The van der Waals surface area contributed by atoms with E-state index in [2.05, 4.69) is 27.8 Å². The molecule has 1 unspecified atom stereocenters. The van der Waals surface area contributed by atoms with E-state index >= 15 is 0 Å². The van der Waals surface area contributed by atoms with Gasteiger partial charge in [0.2, 0.25) is 0 Å². The molecule has 2 rings (SSSR count). The van der Waals surface area contributed by atoms with Crippen LogP contribution in [0.2, 0.25) is 0 Å². The Kier molecular flexibility index (Phi) is 3.89. The summed E-state index contributed by atoms with van der Waals surface area (Å²) < 4.78 is 2.73. The molecule has 2 heterocycles. The highest BCUT2D eigenvalue weighted by Crippen LogP contribution is 2.26. The third-order valence-electron chi connectivity index (χ3n) is 3.36. The van der Waals surface area contributed by atoms with Crippen molar-refractivity contribution in [2.75, 3.05) is 19.6 Å². The van der Waals surface area contributed by atoms with Gasteiger partial charge in [-0.3, -0.25) is 0 Å². The molecular weight excluding hydrogens is 284 g/mol. The molecule has 1 aliphatic rings. The first-order valence-electron chi connectivity index (χ1n) is 5.95. The van der Waals surface area contributed by atoms with Crippen molar-refractivity contribution >= 4 is 21.9 Å². The molecule has 0 aliphatic carbocycles. The van der Waals surface area contributed by atoms with Gasteiger partial charge in [0.05, 0.1) is 0 Å². The molecule has 0 amide bonds. The van der Waals surface area contributed by atoms with Crippen molar-refractivity contribution in [3.8, 4) is 0 Å². The third-order valence-corrected chi connectivity index (χ3v) is 3.79. The van der Waals surface area contributed by atoms with Gasteiger partial charge in [0.15, 0.2) is 0 Å². The van der Waals surface area contributed by atoms with E-state index < -0.39 is 5.97 Å². The Hall–Kier alpha value is -0.810. The number of carbonyl (C=O) groups is 1. The zero-order chi connectivity index (χ0) is 12.4. The molecule has 94 valence electrons. The van der Waals surface area contributed by atoms with Crippen molar-refractivity contribution in [2.45, 2.75) is 25.8 Å². The first kappa shape index (κ1) is 12.6. The largest absolute Gasteiger partial charge is 0.477 e. The predicted molar refractivity (Wildman–Crippen MR) is 69.5 cm³/mol. The number of halogens is 1. The average molecular weight is 301 g/mol. The standard InChI is InChI=1S/C12H17BrN2O2/c1-2-14-5-3-4-10(8-14)15-7-9(13)6-11(15)12(16)17/h6-7,10H,2-5,8H2,1H3,(H,16,17). The fraction of sp³-hybridized carbons (Fsp3) is 0.583. The highest BCUT2D eigenvalue weighted by molar-refractivity contribution is 9.10. The van der Waals surface area contributed by atoms with Crippen molar-refractivity contribution in [1.82, 2.24) is 9.47 Å². The Bertz CT molecular complexity index is 417. The van der Waals surface area contributed by atoms with Gasteiger partial charge in [-0.1, -0.05) is 6.92 Å². The van der Waals surface area contributed by atoms with Crippen molar-refractivity contribution < 1.29 is 9.90 Å². The molecule has 1 atom stereocenters. The summed E-state index contributed by atoms with van der Waals surface area (Å²) in [5, 5.41) is 9.18. The summed E-state index contributed by atoms with van der Waals surface area (Å²) in [5.74, 6) is -0.857. The second-order valence-electron chi connectivity index (χ2n) is 4.45. The maximum absolute atomic E-state index is 11.2. The Balaban J connectivity index is 2.23. The van der Waals surface area contributed by atoms with Crippen LogP contribution in [0.4, 0.5) is 0 Å². The Morgan fingerprint density at radius 2 is 2.41 bits per heavy atom. The van der Waals surface area contributed by atoms with Crippen LogP contribution in [-0.2, 0) is 0 Å². The van der Waals surface area contributed by atoms with E-state index in [9.17, 15) is 9.90 Å². The van der Waals surface area contributed by atoms with Crippen LogP contribution in [0.5, 0.6) is 0 Å². The van der Waals surface area contributed by atoms with Crippen molar-refractivity contribution in [3.63, 3.8) is 0 Å². The number of nitrogens with zero attached hydrogens (tertiary/aromatic N) is 2. The zero-order valence-corrected chi connectivity index (χ0v) is 11.5. The number of carboxylic acids is 1. The highest BCUT2D eigenvalue weighted by Gasteiger charge is 2.24. The van der Waals surface area contributed by atoms with Gasteiger partial charge in [-0.05, 0) is 47.9 Å². The number of likely N-dealkylation sites (N-methyl/N-ethyl adjacent to an activating group) is 1. The lowest BCUT2D eigenvalue weighted by atomic mass is 10.1. The number of piperidine rings is 1.